The zero-order chi connectivity index (χ0) is 18.3. The minimum absolute atomic E-state index is 0.259. The molecule has 0 saturated carbocycles. The van der Waals surface area contributed by atoms with Crippen LogP contribution in [0.4, 0.5) is 0 Å². The third kappa shape index (κ3) is 3.18. The van der Waals surface area contributed by atoms with Crippen molar-refractivity contribution in [1.82, 2.24) is 25.4 Å². The molecule has 2 unspecified atom stereocenters. The quantitative estimate of drug-likeness (QED) is 0.676. The van der Waals surface area contributed by atoms with Gasteiger partial charge in [-0.1, -0.05) is 0 Å². The van der Waals surface area contributed by atoms with Gasteiger partial charge >= 0.3 is 0 Å². The van der Waals surface area contributed by atoms with Crippen LogP contribution >= 0.6 is 0 Å². The van der Waals surface area contributed by atoms with Gasteiger partial charge in [0.05, 0.1) is 5.69 Å². The molecular formula is C20H25N5O. The van der Waals surface area contributed by atoms with Crippen molar-refractivity contribution in [3.63, 3.8) is 0 Å². The van der Waals surface area contributed by atoms with Crippen LogP contribution < -0.4 is 5.32 Å². The second-order valence-electron chi connectivity index (χ2n) is 7.35. The highest BCUT2D eigenvalue weighted by atomic mass is 16.3. The van der Waals surface area contributed by atoms with E-state index in [-0.39, 0.29) is 5.75 Å². The summed E-state index contributed by atoms with van der Waals surface area (Å²) in [4.78, 5) is 7.25. The van der Waals surface area contributed by atoms with Crippen LogP contribution in [0, 0.1) is 6.92 Å². The number of H-pyrrole nitrogens is 1. The summed E-state index contributed by atoms with van der Waals surface area (Å²) >= 11 is 0. The third-order valence-electron chi connectivity index (χ3n) is 5.22. The van der Waals surface area contributed by atoms with Gasteiger partial charge in [-0.05, 0) is 56.7 Å². The molecule has 0 aliphatic carbocycles. The Morgan fingerprint density at radius 1 is 1.23 bits per heavy atom. The molecule has 0 spiro atoms. The van der Waals surface area contributed by atoms with Crippen molar-refractivity contribution in [2.24, 2.45) is 0 Å². The fourth-order valence-corrected chi connectivity index (χ4v) is 3.71. The fraction of sp³-hybridized carbons (Fsp3) is 0.400. The molecule has 1 saturated heterocycles. The van der Waals surface area contributed by atoms with E-state index in [0.717, 1.165) is 47.6 Å². The van der Waals surface area contributed by atoms with Gasteiger partial charge in [0.25, 0.3) is 0 Å². The van der Waals surface area contributed by atoms with E-state index in [9.17, 15) is 5.11 Å². The van der Waals surface area contributed by atoms with Crippen LogP contribution in [0.15, 0.2) is 30.3 Å². The molecule has 3 N–H and O–H groups in total. The van der Waals surface area contributed by atoms with Crippen LogP contribution in [-0.4, -0.2) is 50.4 Å². The van der Waals surface area contributed by atoms with Gasteiger partial charge in [0.15, 0.2) is 5.65 Å². The summed E-state index contributed by atoms with van der Waals surface area (Å²) in [5, 5.41) is 21.7. The molecule has 136 valence electrons. The van der Waals surface area contributed by atoms with Crippen molar-refractivity contribution in [3.05, 3.63) is 41.6 Å². The van der Waals surface area contributed by atoms with Crippen LogP contribution in [0.3, 0.4) is 0 Å². The molecule has 1 aromatic carbocycles. The van der Waals surface area contributed by atoms with Gasteiger partial charge < -0.3 is 10.4 Å². The lowest BCUT2D eigenvalue weighted by molar-refractivity contribution is 0.139. The Hall–Kier alpha value is -2.44. The third-order valence-corrected chi connectivity index (χ3v) is 5.22. The van der Waals surface area contributed by atoms with E-state index in [1.807, 2.05) is 19.1 Å². The SMILES string of the molecule is Cc1[nH]nc2nc(-c3ccc(O)cc3)cc(CN3CC(C)NCC3C)c12. The van der Waals surface area contributed by atoms with Crippen molar-refractivity contribution in [3.8, 4) is 17.0 Å². The molecule has 3 heterocycles. The highest BCUT2D eigenvalue weighted by molar-refractivity contribution is 5.84. The lowest BCUT2D eigenvalue weighted by Crippen LogP contribution is -2.53. The van der Waals surface area contributed by atoms with Crippen LogP contribution in [-0.2, 0) is 6.54 Å². The number of rotatable bonds is 3. The summed E-state index contributed by atoms with van der Waals surface area (Å²) in [6.45, 7) is 9.44. The molecule has 4 rings (SSSR count). The number of aromatic amines is 1. The maximum atomic E-state index is 9.55. The second kappa shape index (κ2) is 6.70. The van der Waals surface area contributed by atoms with E-state index in [0.29, 0.717) is 12.1 Å². The number of fused-ring (bicyclic) bond motifs is 1. The second-order valence-corrected chi connectivity index (χ2v) is 7.35. The topological polar surface area (TPSA) is 77.1 Å². The monoisotopic (exact) mass is 351 g/mol. The first-order valence-electron chi connectivity index (χ1n) is 9.12. The summed E-state index contributed by atoms with van der Waals surface area (Å²) < 4.78 is 0. The molecule has 1 aliphatic rings. The largest absolute Gasteiger partial charge is 0.508 e. The van der Waals surface area contributed by atoms with Gasteiger partial charge in [0.1, 0.15) is 5.75 Å². The molecule has 0 radical (unpaired) electrons. The molecule has 1 fully saturated rings. The van der Waals surface area contributed by atoms with Gasteiger partial charge in [0, 0.05) is 48.4 Å². The Bertz CT molecular complexity index is 918. The van der Waals surface area contributed by atoms with E-state index in [1.54, 1.807) is 12.1 Å². The Morgan fingerprint density at radius 3 is 2.77 bits per heavy atom. The lowest BCUT2D eigenvalue weighted by atomic mass is 10.0. The van der Waals surface area contributed by atoms with Crippen molar-refractivity contribution < 1.29 is 5.11 Å². The van der Waals surface area contributed by atoms with Crippen LogP contribution in [0.2, 0.25) is 0 Å². The zero-order valence-corrected chi connectivity index (χ0v) is 15.5. The van der Waals surface area contributed by atoms with Gasteiger partial charge in [-0.2, -0.15) is 5.10 Å². The Kier molecular flexibility index (Phi) is 4.38. The number of nitrogens with zero attached hydrogens (tertiary/aromatic N) is 3. The van der Waals surface area contributed by atoms with Crippen molar-refractivity contribution in [1.29, 1.82) is 0 Å². The van der Waals surface area contributed by atoms with Crippen LogP contribution in [0.25, 0.3) is 22.3 Å². The van der Waals surface area contributed by atoms with Gasteiger partial charge in [0.2, 0.25) is 0 Å². The molecule has 2 atom stereocenters. The predicted octanol–water partition coefficient (Wildman–Crippen LogP) is 2.82. The maximum Gasteiger partial charge on any atom is 0.182 e. The zero-order valence-electron chi connectivity index (χ0n) is 15.5. The molecule has 6 heteroatoms. The molecule has 6 nitrogen and oxygen atoms in total. The maximum absolute atomic E-state index is 9.55. The average Bonchev–Trinajstić information content (AvgIpc) is 3.00. The first-order chi connectivity index (χ1) is 12.5. The fourth-order valence-electron chi connectivity index (χ4n) is 3.71. The number of phenolic OH excluding ortho intramolecular Hbond substituents is 1. The number of pyridine rings is 1. The number of aromatic hydroxyl groups is 1. The summed E-state index contributed by atoms with van der Waals surface area (Å²) in [6, 6.07) is 10.3. The first-order valence-corrected chi connectivity index (χ1v) is 9.12. The number of aryl methyl sites for hydroxylation is 1. The summed E-state index contributed by atoms with van der Waals surface area (Å²) in [6.07, 6.45) is 0. The van der Waals surface area contributed by atoms with E-state index in [4.69, 9.17) is 4.98 Å². The van der Waals surface area contributed by atoms with E-state index in [1.165, 1.54) is 5.56 Å². The van der Waals surface area contributed by atoms with Gasteiger partial charge in [-0.3, -0.25) is 10.00 Å². The van der Waals surface area contributed by atoms with Crippen molar-refractivity contribution in [2.75, 3.05) is 13.1 Å². The number of piperazine rings is 1. The van der Waals surface area contributed by atoms with Gasteiger partial charge in [-0.25, -0.2) is 4.98 Å². The highest BCUT2D eigenvalue weighted by Crippen LogP contribution is 2.28. The Morgan fingerprint density at radius 2 is 2.00 bits per heavy atom. The number of benzene rings is 1. The lowest BCUT2D eigenvalue weighted by Gasteiger charge is -2.37. The van der Waals surface area contributed by atoms with Crippen molar-refractivity contribution in [2.45, 2.75) is 39.4 Å². The first kappa shape index (κ1) is 17.0. The highest BCUT2D eigenvalue weighted by Gasteiger charge is 2.24. The average molecular weight is 351 g/mol. The summed E-state index contributed by atoms with van der Waals surface area (Å²) in [5.41, 5.74) is 4.91. The Balaban J connectivity index is 1.76. The smallest absolute Gasteiger partial charge is 0.182 e. The normalized spacial score (nSPS) is 21.3. The number of nitrogens with one attached hydrogen (secondary N) is 2. The number of phenols is 1. The minimum atomic E-state index is 0.259. The molecule has 0 amide bonds. The molecular weight excluding hydrogens is 326 g/mol. The molecule has 0 bridgehead atoms. The summed E-state index contributed by atoms with van der Waals surface area (Å²) in [5.74, 6) is 0.259. The minimum Gasteiger partial charge on any atom is -0.508 e. The van der Waals surface area contributed by atoms with Gasteiger partial charge in [-0.15, -0.1) is 0 Å². The van der Waals surface area contributed by atoms with Crippen LogP contribution in [0.5, 0.6) is 5.75 Å². The van der Waals surface area contributed by atoms with Crippen molar-refractivity contribution >= 4 is 11.0 Å². The predicted molar refractivity (Wildman–Crippen MR) is 103 cm³/mol. The Labute approximate surface area is 153 Å². The molecule has 1 aliphatic heterocycles. The molecule has 3 aromatic rings. The number of hydrogen-bond acceptors (Lipinski definition) is 5. The number of hydrogen-bond donors (Lipinski definition) is 3. The van der Waals surface area contributed by atoms with E-state index >= 15 is 0 Å². The van der Waals surface area contributed by atoms with E-state index in [2.05, 4.69) is 40.3 Å². The van der Waals surface area contributed by atoms with E-state index < -0.39 is 0 Å². The molecule has 26 heavy (non-hydrogen) atoms. The van der Waals surface area contributed by atoms with Crippen LogP contribution in [0.1, 0.15) is 25.1 Å². The molecule has 2 aromatic heterocycles. The standard InChI is InChI=1S/C20H25N5O/c1-12-10-25(13(2)9-21-12)11-16-8-18(15-4-6-17(26)7-5-15)22-20-19(16)14(3)23-24-20/h4-8,12-13,21,26H,9-11H2,1-3H3,(H,22,23,24). The summed E-state index contributed by atoms with van der Waals surface area (Å²) in [7, 11) is 0. The number of aromatic nitrogens is 3.